The summed E-state index contributed by atoms with van der Waals surface area (Å²) in [5.41, 5.74) is 7.05. The van der Waals surface area contributed by atoms with E-state index in [0.29, 0.717) is 5.92 Å². The van der Waals surface area contributed by atoms with Gasteiger partial charge in [0.1, 0.15) is 0 Å². The number of hydrogen-bond acceptors (Lipinski definition) is 0. The SMILES string of the molecule is CC(C)=c1ccc2c(c1C1=CC(C(C)(C)C)=CC1C)[C]=c1ccccc1=2. The molecule has 26 heavy (non-hydrogen) atoms. The molecule has 4 rings (SSSR count). The van der Waals surface area contributed by atoms with Gasteiger partial charge >= 0.3 is 0 Å². The van der Waals surface area contributed by atoms with Crippen molar-refractivity contribution in [2.75, 3.05) is 0 Å². The fourth-order valence-corrected chi connectivity index (χ4v) is 4.11. The number of fused-ring (bicyclic) bond motifs is 2. The highest BCUT2D eigenvalue weighted by Gasteiger charge is 2.26. The third-order valence-electron chi connectivity index (χ3n) is 5.61. The van der Waals surface area contributed by atoms with Gasteiger partial charge in [-0.15, -0.1) is 0 Å². The Morgan fingerprint density at radius 2 is 1.69 bits per heavy atom. The molecule has 0 N–H and O–H groups in total. The Balaban J connectivity index is 2.08. The second-order valence-electron chi connectivity index (χ2n) is 8.84. The number of benzene rings is 2. The van der Waals surface area contributed by atoms with Gasteiger partial charge in [0, 0.05) is 5.92 Å². The molecule has 0 spiro atoms. The summed E-state index contributed by atoms with van der Waals surface area (Å²) in [4.78, 5) is 0. The van der Waals surface area contributed by atoms with Crippen LogP contribution in [0.3, 0.4) is 0 Å². The lowest BCUT2D eigenvalue weighted by molar-refractivity contribution is 0.516. The normalized spacial score (nSPS) is 18.0. The van der Waals surface area contributed by atoms with Crippen LogP contribution in [0.4, 0.5) is 0 Å². The highest BCUT2D eigenvalue weighted by molar-refractivity contribution is 5.82. The lowest BCUT2D eigenvalue weighted by Gasteiger charge is -2.18. The van der Waals surface area contributed by atoms with Crippen molar-refractivity contribution in [3.8, 4) is 0 Å². The predicted molar refractivity (Wildman–Crippen MR) is 112 cm³/mol. The van der Waals surface area contributed by atoms with Gasteiger partial charge in [-0.05, 0) is 68.5 Å². The highest BCUT2D eigenvalue weighted by Crippen LogP contribution is 2.40. The van der Waals surface area contributed by atoms with E-state index in [1.165, 1.54) is 48.7 Å². The van der Waals surface area contributed by atoms with Gasteiger partial charge in [0.05, 0.1) is 0 Å². The Morgan fingerprint density at radius 3 is 2.35 bits per heavy atom. The van der Waals surface area contributed by atoms with E-state index in [-0.39, 0.29) is 5.41 Å². The Kier molecular flexibility index (Phi) is 3.84. The molecule has 2 aliphatic carbocycles. The van der Waals surface area contributed by atoms with Gasteiger partial charge in [-0.1, -0.05) is 81.8 Å². The maximum atomic E-state index is 3.72. The van der Waals surface area contributed by atoms with Crippen molar-refractivity contribution in [3.05, 3.63) is 86.1 Å². The monoisotopic (exact) mass is 339 g/mol. The molecule has 1 radical (unpaired) electrons. The summed E-state index contributed by atoms with van der Waals surface area (Å²) in [5, 5.41) is 5.19. The van der Waals surface area contributed by atoms with Crippen LogP contribution >= 0.6 is 0 Å². The van der Waals surface area contributed by atoms with Crippen LogP contribution in [-0.4, -0.2) is 0 Å². The molecule has 2 aromatic carbocycles. The Bertz CT molecular complexity index is 1170. The van der Waals surface area contributed by atoms with Crippen molar-refractivity contribution in [2.45, 2.75) is 41.5 Å². The van der Waals surface area contributed by atoms with Crippen LogP contribution < -0.4 is 10.4 Å². The van der Waals surface area contributed by atoms with Crippen molar-refractivity contribution < 1.29 is 0 Å². The molecule has 2 aliphatic rings. The summed E-state index contributed by atoms with van der Waals surface area (Å²) >= 11 is 0. The van der Waals surface area contributed by atoms with Gasteiger partial charge in [0.25, 0.3) is 0 Å². The Hall–Kier alpha value is -2.34. The van der Waals surface area contributed by atoms with E-state index < -0.39 is 0 Å². The third kappa shape index (κ3) is 2.60. The van der Waals surface area contributed by atoms with Crippen molar-refractivity contribution >= 4 is 17.2 Å². The molecule has 1 atom stereocenters. The molecule has 0 amide bonds. The molecular formula is C26H27. The minimum Gasteiger partial charge on any atom is -0.0735 e. The van der Waals surface area contributed by atoms with Gasteiger partial charge in [0.15, 0.2) is 0 Å². The van der Waals surface area contributed by atoms with E-state index in [1.807, 2.05) is 0 Å². The van der Waals surface area contributed by atoms with Crippen LogP contribution in [0.1, 0.15) is 52.7 Å². The van der Waals surface area contributed by atoms with Gasteiger partial charge < -0.3 is 0 Å². The first-order chi connectivity index (χ1) is 12.3. The first kappa shape index (κ1) is 17.1. The van der Waals surface area contributed by atoms with E-state index in [2.05, 4.69) is 96.2 Å². The average Bonchev–Trinajstić information content (AvgIpc) is 3.14. The molecule has 0 saturated heterocycles. The smallest absolute Gasteiger partial charge is 0.000207 e. The van der Waals surface area contributed by atoms with E-state index in [9.17, 15) is 0 Å². The molecule has 0 heterocycles. The highest BCUT2D eigenvalue weighted by atomic mass is 14.3. The van der Waals surface area contributed by atoms with Crippen LogP contribution in [0.2, 0.25) is 0 Å². The molecule has 0 heteroatoms. The summed E-state index contributed by atoms with van der Waals surface area (Å²) in [5.74, 6) is 0.430. The predicted octanol–water partition coefficient (Wildman–Crippen LogP) is 5.19. The lowest BCUT2D eigenvalue weighted by Crippen LogP contribution is -2.14. The van der Waals surface area contributed by atoms with E-state index >= 15 is 0 Å². The summed E-state index contributed by atoms with van der Waals surface area (Å²) in [6.07, 6.45) is 8.58. The number of hydrogen-bond donors (Lipinski definition) is 0. The first-order valence-corrected chi connectivity index (χ1v) is 9.55. The average molecular weight is 340 g/mol. The summed E-state index contributed by atoms with van der Waals surface area (Å²) in [6.45, 7) is 13.6. The Morgan fingerprint density at radius 1 is 0.962 bits per heavy atom. The molecule has 2 aromatic rings. The van der Waals surface area contributed by atoms with Crippen LogP contribution in [0.5, 0.6) is 0 Å². The van der Waals surface area contributed by atoms with Crippen LogP contribution in [0.15, 0.2) is 54.1 Å². The fourth-order valence-electron chi connectivity index (χ4n) is 4.11. The summed E-state index contributed by atoms with van der Waals surface area (Å²) in [7, 11) is 0. The third-order valence-corrected chi connectivity index (χ3v) is 5.61. The fraction of sp³-hybridized carbons (Fsp3) is 0.308. The van der Waals surface area contributed by atoms with Gasteiger partial charge in [-0.2, -0.15) is 0 Å². The molecular weight excluding hydrogens is 312 g/mol. The second kappa shape index (κ2) is 5.84. The summed E-state index contributed by atoms with van der Waals surface area (Å²) < 4.78 is 0. The lowest BCUT2D eigenvalue weighted by atomic mass is 9.87. The minimum atomic E-state index is 0.176. The number of rotatable bonds is 1. The molecule has 0 fully saturated rings. The maximum Gasteiger partial charge on any atom is 0.000207 e. The maximum absolute atomic E-state index is 3.72. The Labute approximate surface area is 156 Å². The van der Waals surface area contributed by atoms with Crippen molar-refractivity contribution in [1.29, 1.82) is 0 Å². The van der Waals surface area contributed by atoms with E-state index in [1.54, 1.807) is 0 Å². The van der Waals surface area contributed by atoms with Gasteiger partial charge in [-0.3, -0.25) is 0 Å². The standard InChI is InChI=1S/C26H27/c1-16(2)20-11-12-22-21-10-8-7-9-18(21)14-24(22)25(20)23-15-19(13-17(23)3)26(4,5)6/h7-13,15,17H,1-6H3. The van der Waals surface area contributed by atoms with Crippen LogP contribution in [0.25, 0.3) is 17.2 Å². The van der Waals surface area contributed by atoms with Gasteiger partial charge in [-0.25, -0.2) is 0 Å². The van der Waals surface area contributed by atoms with E-state index in [0.717, 1.165) is 0 Å². The minimum absolute atomic E-state index is 0.176. The zero-order chi connectivity index (χ0) is 18.6. The van der Waals surface area contributed by atoms with Crippen LogP contribution in [-0.2, 0) is 0 Å². The zero-order valence-electron chi connectivity index (χ0n) is 16.7. The molecule has 131 valence electrons. The van der Waals surface area contributed by atoms with Crippen LogP contribution in [0, 0.1) is 21.8 Å². The van der Waals surface area contributed by atoms with Crippen molar-refractivity contribution in [2.24, 2.45) is 11.3 Å². The molecule has 0 aliphatic heterocycles. The van der Waals surface area contributed by atoms with Crippen molar-refractivity contribution in [1.82, 2.24) is 0 Å². The van der Waals surface area contributed by atoms with Crippen molar-refractivity contribution in [3.63, 3.8) is 0 Å². The zero-order valence-corrected chi connectivity index (χ0v) is 16.7. The van der Waals surface area contributed by atoms with Gasteiger partial charge in [0.2, 0.25) is 0 Å². The molecule has 1 unspecified atom stereocenters. The molecule has 0 saturated carbocycles. The second-order valence-corrected chi connectivity index (χ2v) is 8.84. The topological polar surface area (TPSA) is 0 Å². The quantitative estimate of drug-likeness (QED) is 0.572. The molecule has 0 bridgehead atoms. The van der Waals surface area contributed by atoms with E-state index in [4.69, 9.17) is 0 Å². The molecule has 0 nitrogen and oxygen atoms in total. The summed E-state index contributed by atoms with van der Waals surface area (Å²) in [6, 6.07) is 13.2. The first-order valence-electron chi connectivity index (χ1n) is 9.55. The number of allylic oxidation sites excluding steroid dienone is 4. The molecule has 0 aromatic heterocycles. The largest absolute Gasteiger partial charge is 0.0735 e.